The topological polar surface area (TPSA) is 15.3 Å². The zero-order valence-electron chi connectivity index (χ0n) is 11.9. The van der Waals surface area contributed by atoms with Crippen LogP contribution in [0, 0.1) is 6.92 Å². The number of aryl methyl sites for hydroxylation is 1. The van der Waals surface area contributed by atoms with Gasteiger partial charge in [-0.1, -0.05) is 43.7 Å². The molecule has 1 aliphatic rings. The number of likely N-dealkylation sites (tertiary alicyclic amines) is 1. The summed E-state index contributed by atoms with van der Waals surface area (Å²) in [5.41, 5.74) is 2.89. The van der Waals surface area contributed by atoms with Gasteiger partial charge in [-0.15, -0.1) is 0 Å². The molecular formula is C16H26N2. The number of hydrogen-bond acceptors (Lipinski definition) is 2. The van der Waals surface area contributed by atoms with Gasteiger partial charge >= 0.3 is 0 Å². The van der Waals surface area contributed by atoms with Gasteiger partial charge in [0.15, 0.2) is 0 Å². The Kier molecular flexibility index (Phi) is 4.79. The maximum absolute atomic E-state index is 3.62. The van der Waals surface area contributed by atoms with Gasteiger partial charge in [-0.2, -0.15) is 0 Å². The first-order chi connectivity index (χ1) is 8.72. The molecule has 0 aliphatic carbocycles. The molecule has 0 spiro atoms. The molecule has 0 amide bonds. The molecule has 18 heavy (non-hydrogen) atoms. The fraction of sp³-hybridized carbons (Fsp3) is 0.625. The average molecular weight is 246 g/mol. The van der Waals surface area contributed by atoms with Gasteiger partial charge in [-0.05, 0) is 37.9 Å². The minimum absolute atomic E-state index is 0.647. The molecule has 1 aliphatic heterocycles. The van der Waals surface area contributed by atoms with Crippen LogP contribution in [-0.4, -0.2) is 37.1 Å². The third-order valence-electron chi connectivity index (χ3n) is 3.98. The van der Waals surface area contributed by atoms with E-state index in [2.05, 4.69) is 55.3 Å². The molecule has 1 aromatic carbocycles. The molecule has 1 aromatic rings. The zero-order chi connectivity index (χ0) is 13.0. The number of nitrogens with one attached hydrogen (secondary N) is 1. The molecule has 2 heteroatoms. The van der Waals surface area contributed by atoms with Crippen molar-refractivity contribution in [2.75, 3.05) is 26.2 Å². The standard InChI is InChI=1S/C16H26N2/c1-4-17-16-10-15(11-18(5-2)12-16)14-8-6-7-13(3)9-14/h6-9,15-17H,4-5,10-12H2,1-3H3. The molecule has 0 aromatic heterocycles. The summed E-state index contributed by atoms with van der Waals surface area (Å²) in [6.45, 7) is 11.3. The molecule has 0 saturated carbocycles. The summed E-state index contributed by atoms with van der Waals surface area (Å²) in [4.78, 5) is 2.57. The van der Waals surface area contributed by atoms with E-state index in [0.29, 0.717) is 12.0 Å². The Morgan fingerprint density at radius 2 is 2.11 bits per heavy atom. The predicted molar refractivity (Wildman–Crippen MR) is 78.1 cm³/mol. The van der Waals surface area contributed by atoms with Gasteiger partial charge in [0.05, 0.1) is 0 Å². The summed E-state index contributed by atoms with van der Waals surface area (Å²) < 4.78 is 0. The van der Waals surface area contributed by atoms with E-state index in [1.807, 2.05) is 0 Å². The van der Waals surface area contributed by atoms with E-state index in [0.717, 1.165) is 13.1 Å². The highest BCUT2D eigenvalue weighted by Crippen LogP contribution is 2.27. The van der Waals surface area contributed by atoms with E-state index in [4.69, 9.17) is 0 Å². The fourth-order valence-corrected chi connectivity index (χ4v) is 3.05. The third-order valence-corrected chi connectivity index (χ3v) is 3.98. The highest BCUT2D eigenvalue weighted by atomic mass is 15.2. The van der Waals surface area contributed by atoms with E-state index in [1.54, 1.807) is 0 Å². The average Bonchev–Trinajstić information content (AvgIpc) is 2.39. The van der Waals surface area contributed by atoms with Gasteiger partial charge in [0.1, 0.15) is 0 Å². The van der Waals surface area contributed by atoms with Gasteiger partial charge in [0, 0.05) is 19.1 Å². The maximum Gasteiger partial charge on any atom is 0.0201 e. The molecule has 1 saturated heterocycles. The minimum atomic E-state index is 0.647. The van der Waals surface area contributed by atoms with Crippen molar-refractivity contribution in [1.82, 2.24) is 10.2 Å². The lowest BCUT2D eigenvalue weighted by atomic mass is 9.87. The molecule has 0 radical (unpaired) electrons. The Balaban J connectivity index is 2.11. The summed E-state index contributed by atoms with van der Waals surface area (Å²) in [5.74, 6) is 0.683. The number of benzene rings is 1. The van der Waals surface area contributed by atoms with E-state index in [-0.39, 0.29) is 0 Å². The molecule has 1 heterocycles. The SMILES string of the molecule is CCNC1CC(c2cccc(C)c2)CN(CC)C1. The minimum Gasteiger partial charge on any atom is -0.313 e. The van der Waals surface area contributed by atoms with Crippen molar-refractivity contribution in [1.29, 1.82) is 0 Å². The molecule has 2 rings (SSSR count). The van der Waals surface area contributed by atoms with Crippen LogP contribution < -0.4 is 5.32 Å². The van der Waals surface area contributed by atoms with Crippen LogP contribution in [0.3, 0.4) is 0 Å². The normalized spacial score (nSPS) is 25.3. The summed E-state index contributed by atoms with van der Waals surface area (Å²) >= 11 is 0. The zero-order valence-corrected chi connectivity index (χ0v) is 11.9. The van der Waals surface area contributed by atoms with Crippen LogP contribution in [0.15, 0.2) is 24.3 Å². The van der Waals surface area contributed by atoms with Crippen molar-refractivity contribution in [3.63, 3.8) is 0 Å². The van der Waals surface area contributed by atoms with E-state index in [9.17, 15) is 0 Å². The smallest absolute Gasteiger partial charge is 0.0201 e. The Morgan fingerprint density at radius 1 is 1.28 bits per heavy atom. The summed E-state index contributed by atoms with van der Waals surface area (Å²) in [7, 11) is 0. The van der Waals surface area contributed by atoms with Gasteiger partial charge in [0.2, 0.25) is 0 Å². The summed E-state index contributed by atoms with van der Waals surface area (Å²) in [6, 6.07) is 9.67. The number of hydrogen-bond donors (Lipinski definition) is 1. The van der Waals surface area contributed by atoms with Crippen LogP contribution in [-0.2, 0) is 0 Å². The number of rotatable bonds is 4. The van der Waals surface area contributed by atoms with Gasteiger partial charge in [-0.25, -0.2) is 0 Å². The number of likely N-dealkylation sites (N-methyl/N-ethyl adjacent to an activating group) is 2. The molecule has 2 nitrogen and oxygen atoms in total. The highest BCUT2D eigenvalue weighted by molar-refractivity contribution is 5.26. The lowest BCUT2D eigenvalue weighted by Crippen LogP contribution is -2.48. The predicted octanol–water partition coefficient (Wildman–Crippen LogP) is 2.78. The molecule has 2 unspecified atom stereocenters. The molecule has 1 N–H and O–H groups in total. The second-order valence-corrected chi connectivity index (χ2v) is 5.45. The van der Waals surface area contributed by atoms with Crippen LogP contribution >= 0.6 is 0 Å². The Labute approximate surface area is 111 Å². The first kappa shape index (κ1) is 13.6. The fourth-order valence-electron chi connectivity index (χ4n) is 3.05. The van der Waals surface area contributed by atoms with E-state index < -0.39 is 0 Å². The first-order valence-electron chi connectivity index (χ1n) is 7.25. The second kappa shape index (κ2) is 6.35. The quantitative estimate of drug-likeness (QED) is 0.879. The van der Waals surface area contributed by atoms with Gasteiger partial charge in [0.25, 0.3) is 0 Å². The Bertz CT molecular complexity index is 375. The lowest BCUT2D eigenvalue weighted by molar-refractivity contribution is 0.180. The van der Waals surface area contributed by atoms with Crippen molar-refractivity contribution in [2.45, 2.75) is 39.2 Å². The highest BCUT2D eigenvalue weighted by Gasteiger charge is 2.26. The third kappa shape index (κ3) is 3.33. The first-order valence-corrected chi connectivity index (χ1v) is 7.25. The van der Waals surface area contributed by atoms with Crippen LogP contribution in [0.4, 0.5) is 0 Å². The summed E-state index contributed by atoms with van der Waals surface area (Å²) in [6.07, 6.45) is 1.27. The monoisotopic (exact) mass is 246 g/mol. The number of piperidine rings is 1. The molecular weight excluding hydrogens is 220 g/mol. The van der Waals surface area contributed by atoms with Gasteiger partial charge in [-0.3, -0.25) is 0 Å². The van der Waals surface area contributed by atoms with Crippen molar-refractivity contribution in [3.8, 4) is 0 Å². The van der Waals surface area contributed by atoms with E-state index >= 15 is 0 Å². The lowest BCUT2D eigenvalue weighted by Gasteiger charge is -2.38. The van der Waals surface area contributed by atoms with Crippen LogP contribution in [0.5, 0.6) is 0 Å². The molecule has 1 fully saturated rings. The van der Waals surface area contributed by atoms with Crippen molar-refractivity contribution in [3.05, 3.63) is 35.4 Å². The second-order valence-electron chi connectivity index (χ2n) is 5.45. The largest absolute Gasteiger partial charge is 0.313 e. The summed E-state index contributed by atoms with van der Waals surface area (Å²) in [5, 5.41) is 3.62. The van der Waals surface area contributed by atoms with E-state index in [1.165, 1.54) is 30.6 Å². The number of nitrogens with zero attached hydrogens (tertiary/aromatic N) is 1. The Morgan fingerprint density at radius 3 is 2.78 bits per heavy atom. The van der Waals surface area contributed by atoms with Crippen LogP contribution in [0.1, 0.15) is 37.3 Å². The maximum atomic E-state index is 3.62. The van der Waals surface area contributed by atoms with Gasteiger partial charge < -0.3 is 10.2 Å². The molecule has 0 bridgehead atoms. The van der Waals surface area contributed by atoms with Crippen LogP contribution in [0.25, 0.3) is 0 Å². The van der Waals surface area contributed by atoms with Crippen LogP contribution in [0.2, 0.25) is 0 Å². The molecule has 2 atom stereocenters. The van der Waals surface area contributed by atoms with Crippen molar-refractivity contribution < 1.29 is 0 Å². The van der Waals surface area contributed by atoms with Crippen molar-refractivity contribution in [2.24, 2.45) is 0 Å². The Hall–Kier alpha value is -0.860. The molecule has 100 valence electrons. The van der Waals surface area contributed by atoms with Crippen molar-refractivity contribution >= 4 is 0 Å².